The molecule has 1 aliphatic heterocycles. The normalized spacial score (nSPS) is 21.2. The van der Waals surface area contributed by atoms with E-state index in [1.807, 2.05) is 13.8 Å². The van der Waals surface area contributed by atoms with Gasteiger partial charge in [-0.3, -0.25) is 48.3 Å². The Labute approximate surface area is 456 Å². The second-order valence-electron chi connectivity index (χ2n) is 19.7. The van der Waals surface area contributed by atoms with Crippen LogP contribution in [-0.2, 0) is 44.8 Å². The summed E-state index contributed by atoms with van der Waals surface area (Å²) in [5.41, 5.74) is 40.4. The lowest BCUT2D eigenvalue weighted by Gasteiger charge is -2.29. The van der Waals surface area contributed by atoms with Crippen molar-refractivity contribution < 1.29 is 48.3 Å². The van der Waals surface area contributed by atoms with E-state index in [-0.39, 0.29) is 101 Å². The molecule has 1 heterocycles. The Morgan fingerprint density at radius 1 is 0.667 bits per heavy atom. The average Bonchev–Trinajstić information content (AvgIpc) is 3.38. The van der Waals surface area contributed by atoms with Gasteiger partial charge in [-0.2, -0.15) is 0 Å². The van der Waals surface area contributed by atoms with Gasteiger partial charge in [0.1, 0.15) is 36.0 Å². The fraction of sp³-hybridized carbons (Fsp3) is 0.660. The molecule has 1 fully saturated rings. The van der Waals surface area contributed by atoms with Crippen molar-refractivity contribution >= 4 is 65.2 Å². The number of aromatic hydroxyl groups is 1. The van der Waals surface area contributed by atoms with Gasteiger partial charge in [0.2, 0.25) is 47.3 Å². The number of hydrogen-bond donors (Lipinski definition) is 15. The molecule has 0 unspecified atom stereocenters. The summed E-state index contributed by atoms with van der Waals surface area (Å²) in [6, 6.07) is -2.29. The van der Waals surface area contributed by atoms with Crippen molar-refractivity contribution in [3.63, 3.8) is 0 Å². The number of phenolic OH excluding ortho intramolecular Hbond substituents is 1. The standard InChI is InChI=1S/C50H88N18O10/c1-4-12-35-42(72)65-38(27-32-16-18-33(69)19-17-32)44(74)66-39(28-51)45(75)64-37(20-15-31(2)3)47(77)67(29-40(53)70)26-11-24-61-50(78)60-21-7-5-6-8-25-68(46(76)34(52)13-9-22-58-48(54)55)30-41(71)62-36(43(73)63-35)14-10-23-59-49(56)57/h16-19,31,34-39,69H,4-15,20-30,51-52H2,1-3H3,(H2,53,70)(H,62,71)(H,63,73)(H,64,75)(H,65,72)(H,66,74)(H4,54,55,58)(H4,56,57,59)(H2,60,61,78)/t34-,35-,36-,37-,38-,39-/m0/s1. The van der Waals surface area contributed by atoms with Crippen LogP contribution in [0.3, 0.4) is 0 Å². The van der Waals surface area contributed by atoms with Gasteiger partial charge in [-0.15, -0.1) is 0 Å². The Morgan fingerprint density at radius 3 is 1.82 bits per heavy atom. The summed E-state index contributed by atoms with van der Waals surface area (Å²) in [4.78, 5) is 134. The van der Waals surface area contributed by atoms with Crippen molar-refractivity contribution in [1.82, 2.24) is 47.0 Å². The predicted octanol–water partition coefficient (Wildman–Crippen LogP) is -3.61. The zero-order valence-corrected chi connectivity index (χ0v) is 45.6. The second-order valence-corrected chi connectivity index (χ2v) is 19.7. The van der Waals surface area contributed by atoms with Crippen molar-refractivity contribution in [2.24, 2.45) is 56.0 Å². The fourth-order valence-corrected chi connectivity index (χ4v) is 8.24. The van der Waals surface area contributed by atoms with Crippen molar-refractivity contribution in [2.45, 2.75) is 147 Å². The van der Waals surface area contributed by atoms with Crippen LogP contribution in [0.25, 0.3) is 0 Å². The van der Waals surface area contributed by atoms with E-state index < -0.39 is 109 Å². The first-order valence-electron chi connectivity index (χ1n) is 26.8. The van der Waals surface area contributed by atoms with Crippen molar-refractivity contribution in [3.8, 4) is 5.75 Å². The van der Waals surface area contributed by atoms with Crippen LogP contribution in [0.5, 0.6) is 5.75 Å². The smallest absolute Gasteiger partial charge is 0.314 e. The van der Waals surface area contributed by atoms with Crippen LogP contribution in [-0.4, -0.2) is 175 Å². The van der Waals surface area contributed by atoms with Gasteiger partial charge in [-0.1, -0.05) is 52.2 Å². The van der Waals surface area contributed by atoms with Crippen molar-refractivity contribution in [1.29, 1.82) is 0 Å². The maximum Gasteiger partial charge on any atom is 0.314 e. The number of carbonyl (C=O) groups excluding carboxylic acids is 9. The molecule has 28 heteroatoms. The molecule has 28 nitrogen and oxygen atoms in total. The molecular weight excluding hydrogens is 1010 g/mol. The van der Waals surface area contributed by atoms with Crippen LogP contribution in [0.4, 0.5) is 4.79 Å². The number of rotatable bonds is 19. The lowest BCUT2D eigenvalue weighted by Crippen LogP contribution is -2.61. The monoisotopic (exact) mass is 1100 g/mol. The molecule has 0 spiro atoms. The van der Waals surface area contributed by atoms with Gasteiger partial charge >= 0.3 is 6.03 Å². The van der Waals surface area contributed by atoms with Gasteiger partial charge in [0, 0.05) is 52.2 Å². The van der Waals surface area contributed by atoms with Gasteiger partial charge in [-0.25, -0.2) is 4.79 Å². The summed E-state index contributed by atoms with van der Waals surface area (Å²) in [5, 5.41) is 28.9. The van der Waals surface area contributed by atoms with E-state index in [9.17, 15) is 48.3 Å². The minimum absolute atomic E-state index is 0.0132. The highest BCUT2D eigenvalue weighted by molar-refractivity contribution is 5.97. The largest absolute Gasteiger partial charge is 0.508 e. The highest BCUT2D eigenvalue weighted by atomic mass is 16.3. The molecule has 1 aromatic rings. The van der Waals surface area contributed by atoms with Gasteiger partial charge in [-0.05, 0) is 87.8 Å². The number of hydrogen-bond acceptors (Lipinski definition) is 14. The number of urea groups is 1. The first kappa shape index (κ1) is 66.6. The van der Waals surface area contributed by atoms with Gasteiger partial charge in [0.15, 0.2) is 11.9 Å². The number of amides is 10. The minimum atomic E-state index is -1.45. The Hall–Kier alpha value is -7.49. The zero-order chi connectivity index (χ0) is 58.2. The molecule has 438 valence electrons. The molecule has 0 saturated carbocycles. The molecule has 0 aliphatic carbocycles. The first-order valence-corrected chi connectivity index (χ1v) is 26.8. The lowest BCUT2D eigenvalue weighted by molar-refractivity contribution is -0.140. The summed E-state index contributed by atoms with van der Waals surface area (Å²) in [6.07, 6.45) is 4.09. The number of benzene rings is 1. The van der Waals surface area contributed by atoms with E-state index in [4.69, 9.17) is 40.1 Å². The average molecular weight is 1100 g/mol. The number of primary amides is 1. The molecule has 78 heavy (non-hydrogen) atoms. The summed E-state index contributed by atoms with van der Waals surface area (Å²) in [5.74, 6) is -6.24. The molecule has 0 radical (unpaired) electrons. The highest BCUT2D eigenvalue weighted by Gasteiger charge is 2.34. The molecule has 1 aliphatic rings. The number of aliphatic imine (C=N–C) groups is 2. The molecule has 0 aromatic heterocycles. The van der Waals surface area contributed by atoms with Crippen LogP contribution in [0.2, 0.25) is 0 Å². The summed E-state index contributed by atoms with van der Waals surface area (Å²) >= 11 is 0. The molecule has 6 atom stereocenters. The number of carbonyl (C=O) groups is 9. The van der Waals surface area contributed by atoms with Crippen LogP contribution in [0, 0.1) is 5.92 Å². The number of nitrogens with one attached hydrogen (secondary N) is 7. The third-order valence-corrected chi connectivity index (χ3v) is 12.5. The Balaban J connectivity index is 2.63. The highest BCUT2D eigenvalue weighted by Crippen LogP contribution is 2.15. The fourth-order valence-electron chi connectivity index (χ4n) is 8.24. The quantitative estimate of drug-likeness (QED) is 0.0362. The lowest BCUT2D eigenvalue weighted by atomic mass is 10.0. The van der Waals surface area contributed by atoms with Gasteiger partial charge in [0.25, 0.3) is 0 Å². The molecule has 1 aromatic carbocycles. The Bertz CT molecular complexity index is 2160. The number of phenols is 1. The third-order valence-electron chi connectivity index (χ3n) is 12.5. The zero-order valence-electron chi connectivity index (χ0n) is 45.6. The molecule has 22 N–H and O–H groups in total. The summed E-state index contributed by atoms with van der Waals surface area (Å²) in [7, 11) is 0. The van der Waals surface area contributed by atoms with Crippen LogP contribution >= 0.6 is 0 Å². The summed E-state index contributed by atoms with van der Waals surface area (Å²) < 4.78 is 0. The molecular formula is C50H88N18O10. The van der Waals surface area contributed by atoms with Crippen molar-refractivity contribution in [2.75, 3.05) is 58.9 Å². The Morgan fingerprint density at radius 2 is 1.22 bits per heavy atom. The third kappa shape index (κ3) is 27.0. The van der Waals surface area contributed by atoms with Crippen LogP contribution in [0.1, 0.15) is 110 Å². The van der Waals surface area contributed by atoms with Crippen LogP contribution in [0.15, 0.2) is 34.3 Å². The minimum Gasteiger partial charge on any atom is -0.508 e. The van der Waals surface area contributed by atoms with Crippen LogP contribution < -0.4 is 77.4 Å². The number of nitrogens with zero attached hydrogens (tertiary/aromatic N) is 4. The Kier molecular flexibility index (Phi) is 31.2. The summed E-state index contributed by atoms with van der Waals surface area (Å²) in [6.45, 7) is 5.00. The molecule has 10 amide bonds. The maximum absolute atomic E-state index is 14.3. The molecule has 2 rings (SSSR count). The van der Waals surface area contributed by atoms with E-state index in [0.717, 1.165) is 0 Å². The molecule has 1 saturated heterocycles. The van der Waals surface area contributed by atoms with E-state index in [1.165, 1.54) is 34.1 Å². The van der Waals surface area contributed by atoms with E-state index >= 15 is 0 Å². The maximum atomic E-state index is 14.3. The van der Waals surface area contributed by atoms with E-state index in [1.54, 1.807) is 6.92 Å². The van der Waals surface area contributed by atoms with Crippen molar-refractivity contribution in [3.05, 3.63) is 29.8 Å². The van der Waals surface area contributed by atoms with Gasteiger partial charge < -0.3 is 92.3 Å². The predicted molar refractivity (Wildman–Crippen MR) is 294 cm³/mol. The van der Waals surface area contributed by atoms with Gasteiger partial charge in [0.05, 0.1) is 19.1 Å². The van der Waals surface area contributed by atoms with E-state index in [2.05, 4.69) is 47.2 Å². The second kappa shape index (κ2) is 36.5. The topological polar surface area (TPSA) is 471 Å². The molecule has 0 bridgehead atoms. The SMILES string of the molecule is CCC[C@@H]1NC(=O)[C@H](CCCN=C(N)N)NC(=O)CN(C(=O)[C@@H](N)CCCN=C(N)N)CCCCCCNC(=O)NCCCN(CC(N)=O)C(=O)[C@H](CCC(C)C)NC(=O)[C@H](CN)NC(=O)[C@H](Cc2ccc(O)cc2)NC1=O. The van der Waals surface area contributed by atoms with E-state index in [0.29, 0.717) is 57.1 Å². The number of guanidine groups is 2. The number of nitrogens with two attached hydrogens (primary N) is 7. The first-order chi connectivity index (χ1) is 37.0.